The van der Waals surface area contributed by atoms with E-state index in [1.165, 1.54) is 5.56 Å². The Morgan fingerprint density at radius 1 is 1.00 bits per heavy atom. The Hall–Kier alpha value is -2.29. The fourth-order valence-corrected chi connectivity index (χ4v) is 1.67. The highest BCUT2D eigenvalue weighted by Gasteiger charge is 1.98. The number of hydrazone groups is 1. The molecule has 0 heterocycles. The van der Waals surface area contributed by atoms with E-state index < -0.39 is 0 Å². The second-order valence-corrected chi connectivity index (χ2v) is 4.38. The molecule has 0 aromatic heterocycles. The molecule has 0 radical (unpaired) electrons. The number of benzene rings is 2. The van der Waals surface area contributed by atoms with Gasteiger partial charge in [0.2, 0.25) is 0 Å². The lowest BCUT2D eigenvalue weighted by Gasteiger charge is -2.13. The van der Waals surface area contributed by atoms with Crippen molar-refractivity contribution in [3.8, 4) is 5.75 Å². The summed E-state index contributed by atoms with van der Waals surface area (Å²) >= 11 is 0. The van der Waals surface area contributed by atoms with Gasteiger partial charge in [-0.15, -0.1) is 0 Å². The highest BCUT2D eigenvalue weighted by Crippen LogP contribution is 2.18. The van der Waals surface area contributed by atoms with Crippen molar-refractivity contribution >= 4 is 11.9 Å². The van der Waals surface area contributed by atoms with Gasteiger partial charge in [0, 0.05) is 7.05 Å². The molecule has 98 valence electrons. The average molecular weight is 254 g/mol. The number of anilines is 1. The fourth-order valence-electron chi connectivity index (χ4n) is 1.67. The summed E-state index contributed by atoms with van der Waals surface area (Å²) < 4.78 is 5.13. The second-order valence-electron chi connectivity index (χ2n) is 4.38. The van der Waals surface area contributed by atoms with Gasteiger partial charge < -0.3 is 4.74 Å². The van der Waals surface area contributed by atoms with Gasteiger partial charge >= 0.3 is 0 Å². The van der Waals surface area contributed by atoms with Crippen LogP contribution >= 0.6 is 0 Å². The second kappa shape index (κ2) is 6.05. The summed E-state index contributed by atoms with van der Waals surface area (Å²) in [6, 6.07) is 16.1. The molecule has 2 rings (SSSR count). The van der Waals surface area contributed by atoms with Crippen LogP contribution in [0.25, 0.3) is 0 Å². The number of methoxy groups -OCH3 is 1. The predicted molar refractivity (Wildman–Crippen MR) is 80.2 cm³/mol. The summed E-state index contributed by atoms with van der Waals surface area (Å²) in [5, 5.41) is 6.25. The quantitative estimate of drug-likeness (QED) is 0.616. The van der Waals surface area contributed by atoms with Crippen LogP contribution in [-0.4, -0.2) is 20.4 Å². The first kappa shape index (κ1) is 13.1. The minimum absolute atomic E-state index is 0.847. The van der Waals surface area contributed by atoms with Crippen LogP contribution in [0.1, 0.15) is 11.1 Å². The minimum atomic E-state index is 0.847. The van der Waals surface area contributed by atoms with Gasteiger partial charge in [-0.1, -0.05) is 29.8 Å². The Balaban J connectivity index is 2.07. The standard InChI is InChI=1S/C16H18N2O/c1-13-4-6-14(7-5-13)12-17-18(2)15-8-10-16(19-3)11-9-15/h4-12H,1-3H3/b17-12+. The van der Waals surface area contributed by atoms with Crippen molar-refractivity contribution < 1.29 is 4.74 Å². The van der Waals surface area contributed by atoms with Crippen molar-refractivity contribution in [2.75, 3.05) is 19.2 Å². The molecule has 2 aromatic rings. The molecular formula is C16H18N2O. The molecule has 0 spiro atoms. The fraction of sp³-hybridized carbons (Fsp3) is 0.188. The van der Waals surface area contributed by atoms with E-state index in [1.54, 1.807) is 7.11 Å². The van der Waals surface area contributed by atoms with Gasteiger partial charge in [-0.05, 0) is 36.8 Å². The van der Waals surface area contributed by atoms with E-state index in [9.17, 15) is 0 Å². The maximum absolute atomic E-state index is 5.13. The van der Waals surface area contributed by atoms with Crippen molar-refractivity contribution in [1.82, 2.24) is 0 Å². The summed E-state index contributed by atoms with van der Waals surface area (Å²) in [7, 11) is 3.58. The predicted octanol–water partition coefficient (Wildman–Crippen LogP) is 3.47. The molecule has 0 saturated heterocycles. The van der Waals surface area contributed by atoms with Crippen molar-refractivity contribution in [3.63, 3.8) is 0 Å². The summed E-state index contributed by atoms with van der Waals surface area (Å²) in [5.74, 6) is 0.847. The molecule has 0 aliphatic heterocycles. The zero-order chi connectivity index (χ0) is 13.7. The van der Waals surface area contributed by atoms with Crippen LogP contribution in [0.3, 0.4) is 0 Å². The first-order valence-electron chi connectivity index (χ1n) is 6.17. The summed E-state index contributed by atoms with van der Waals surface area (Å²) in [6.07, 6.45) is 1.85. The van der Waals surface area contributed by atoms with E-state index in [0.717, 1.165) is 17.0 Å². The van der Waals surface area contributed by atoms with Crippen LogP contribution in [0.15, 0.2) is 53.6 Å². The highest BCUT2D eigenvalue weighted by molar-refractivity contribution is 5.80. The maximum Gasteiger partial charge on any atom is 0.119 e. The van der Waals surface area contributed by atoms with Gasteiger partial charge in [0.15, 0.2) is 0 Å². The Labute approximate surface area is 114 Å². The Morgan fingerprint density at radius 3 is 2.21 bits per heavy atom. The number of rotatable bonds is 4. The van der Waals surface area contributed by atoms with Crippen LogP contribution in [0.2, 0.25) is 0 Å². The van der Waals surface area contributed by atoms with Gasteiger partial charge in [0.1, 0.15) is 5.75 Å². The zero-order valence-electron chi connectivity index (χ0n) is 11.5. The smallest absolute Gasteiger partial charge is 0.119 e. The molecule has 0 saturated carbocycles. The SMILES string of the molecule is COc1ccc(N(C)/N=C/c2ccc(C)cc2)cc1. The molecule has 3 nitrogen and oxygen atoms in total. The number of hydrogen-bond acceptors (Lipinski definition) is 3. The maximum atomic E-state index is 5.13. The third kappa shape index (κ3) is 3.58. The van der Waals surface area contributed by atoms with Crippen LogP contribution in [0.5, 0.6) is 5.75 Å². The average Bonchev–Trinajstić information content (AvgIpc) is 2.46. The van der Waals surface area contributed by atoms with Gasteiger partial charge in [0.25, 0.3) is 0 Å². The van der Waals surface area contributed by atoms with E-state index in [0.29, 0.717) is 0 Å². The monoisotopic (exact) mass is 254 g/mol. The third-order valence-electron chi connectivity index (χ3n) is 2.90. The summed E-state index contributed by atoms with van der Waals surface area (Å²) in [5.41, 5.74) is 3.36. The molecular weight excluding hydrogens is 236 g/mol. The molecule has 0 aliphatic rings. The first-order valence-corrected chi connectivity index (χ1v) is 6.17. The van der Waals surface area contributed by atoms with Crippen molar-refractivity contribution in [3.05, 3.63) is 59.7 Å². The molecule has 0 aliphatic carbocycles. The van der Waals surface area contributed by atoms with E-state index in [4.69, 9.17) is 4.74 Å². The van der Waals surface area contributed by atoms with E-state index in [1.807, 2.05) is 42.5 Å². The molecule has 0 unspecified atom stereocenters. The van der Waals surface area contributed by atoms with Crippen LogP contribution < -0.4 is 9.75 Å². The van der Waals surface area contributed by atoms with Crippen LogP contribution in [0, 0.1) is 6.92 Å². The molecule has 0 bridgehead atoms. The van der Waals surface area contributed by atoms with Gasteiger partial charge in [0.05, 0.1) is 19.0 Å². The Morgan fingerprint density at radius 2 is 1.63 bits per heavy atom. The lowest BCUT2D eigenvalue weighted by Crippen LogP contribution is -2.08. The van der Waals surface area contributed by atoms with Crippen molar-refractivity contribution in [1.29, 1.82) is 0 Å². The van der Waals surface area contributed by atoms with E-state index in [-0.39, 0.29) is 0 Å². The normalized spacial score (nSPS) is 10.7. The van der Waals surface area contributed by atoms with E-state index in [2.05, 4.69) is 36.3 Å². The molecule has 3 heteroatoms. The molecule has 19 heavy (non-hydrogen) atoms. The summed E-state index contributed by atoms with van der Waals surface area (Å²) in [6.45, 7) is 2.07. The number of ether oxygens (including phenoxy) is 1. The number of hydrogen-bond donors (Lipinski definition) is 0. The Kier molecular flexibility index (Phi) is 4.18. The lowest BCUT2D eigenvalue weighted by molar-refractivity contribution is 0.415. The van der Waals surface area contributed by atoms with Crippen molar-refractivity contribution in [2.24, 2.45) is 5.10 Å². The number of nitrogens with zero attached hydrogens (tertiary/aromatic N) is 2. The lowest BCUT2D eigenvalue weighted by atomic mass is 10.2. The van der Waals surface area contributed by atoms with Crippen LogP contribution in [0.4, 0.5) is 5.69 Å². The van der Waals surface area contributed by atoms with Gasteiger partial charge in [-0.25, -0.2) is 0 Å². The third-order valence-corrected chi connectivity index (χ3v) is 2.90. The molecule has 0 atom stereocenters. The summed E-state index contributed by atoms with van der Waals surface area (Å²) in [4.78, 5) is 0. The largest absolute Gasteiger partial charge is 0.497 e. The molecule has 0 N–H and O–H groups in total. The topological polar surface area (TPSA) is 24.8 Å². The zero-order valence-corrected chi connectivity index (χ0v) is 11.5. The van der Waals surface area contributed by atoms with Gasteiger partial charge in [-0.2, -0.15) is 5.10 Å². The van der Waals surface area contributed by atoms with Crippen molar-refractivity contribution in [2.45, 2.75) is 6.92 Å². The molecule has 0 amide bonds. The molecule has 0 fully saturated rings. The first-order chi connectivity index (χ1) is 9.19. The number of aryl methyl sites for hydroxylation is 1. The highest BCUT2D eigenvalue weighted by atomic mass is 16.5. The Bertz CT molecular complexity index is 544. The van der Waals surface area contributed by atoms with Gasteiger partial charge in [-0.3, -0.25) is 5.01 Å². The van der Waals surface area contributed by atoms with E-state index >= 15 is 0 Å². The minimum Gasteiger partial charge on any atom is -0.497 e. The molecule has 2 aromatic carbocycles. The van der Waals surface area contributed by atoms with Crippen LogP contribution in [-0.2, 0) is 0 Å².